The SMILES string of the molecule is Cc1cc(C)c(OCCN2C(=O)c3ccccc3C2=O)cc1C. The van der Waals surface area contributed by atoms with E-state index >= 15 is 0 Å². The van der Waals surface area contributed by atoms with E-state index < -0.39 is 0 Å². The molecule has 0 unspecified atom stereocenters. The summed E-state index contributed by atoms with van der Waals surface area (Å²) < 4.78 is 5.78. The number of carbonyl (C=O) groups excluding carboxylic acids is 2. The lowest BCUT2D eigenvalue weighted by Gasteiger charge is -2.16. The van der Waals surface area contributed by atoms with E-state index in [0.29, 0.717) is 11.1 Å². The van der Waals surface area contributed by atoms with Crippen molar-refractivity contribution in [2.75, 3.05) is 13.2 Å². The Bertz CT molecular complexity index is 760. The third-order valence-corrected chi connectivity index (χ3v) is 4.24. The molecule has 0 spiro atoms. The van der Waals surface area contributed by atoms with Gasteiger partial charge in [0.1, 0.15) is 12.4 Å². The quantitative estimate of drug-likeness (QED) is 0.814. The molecule has 0 saturated heterocycles. The zero-order valence-corrected chi connectivity index (χ0v) is 13.6. The summed E-state index contributed by atoms with van der Waals surface area (Å²) >= 11 is 0. The Balaban J connectivity index is 1.68. The molecule has 0 N–H and O–H groups in total. The zero-order valence-electron chi connectivity index (χ0n) is 13.6. The van der Waals surface area contributed by atoms with Crippen molar-refractivity contribution in [1.82, 2.24) is 4.90 Å². The van der Waals surface area contributed by atoms with Gasteiger partial charge in [-0.1, -0.05) is 18.2 Å². The van der Waals surface area contributed by atoms with Crippen LogP contribution in [0.4, 0.5) is 0 Å². The lowest BCUT2D eigenvalue weighted by Crippen LogP contribution is -2.33. The van der Waals surface area contributed by atoms with E-state index in [4.69, 9.17) is 4.74 Å². The molecular formula is C19H19NO3. The molecule has 2 amide bonds. The monoisotopic (exact) mass is 309 g/mol. The van der Waals surface area contributed by atoms with Crippen molar-refractivity contribution in [1.29, 1.82) is 0 Å². The molecule has 4 nitrogen and oxygen atoms in total. The number of hydrogen-bond donors (Lipinski definition) is 0. The van der Waals surface area contributed by atoms with Crippen molar-refractivity contribution >= 4 is 11.8 Å². The molecule has 118 valence electrons. The first-order chi connectivity index (χ1) is 11.0. The second-order valence-electron chi connectivity index (χ2n) is 5.86. The van der Waals surface area contributed by atoms with Crippen LogP contribution in [-0.4, -0.2) is 29.9 Å². The number of hydrogen-bond acceptors (Lipinski definition) is 3. The van der Waals surface area contributed by atoms with E-state index in [2.05, 4.69) is 13.0 Å². The Morgan fingerprint density at radius 1 is 0.870 bits per heavy atom. The highest BCUT2D eigenvalue weighted by molar-refractivity contribution is 6.21. The average molecular weight is 309 g/mol. The highest BCUT2D eigenvalue weighted by atomic mass is 16.5. The van der Waals surface area contributed by atoms with E-state index in [0.717, 1.165) is 16.9 Å². The average Bonchev–Trinajstić information content (AvgIpc) is 2.77. The Kier molecular flexibility index (Phi) is 3.90. The van der Waals surface area contributed by atoms with Gasteiger partial charge in [-0.05, 0) is 55.7 Å². The number of rotatable bonds is 4. The summed E-state index contributed by atoms with van der Waals surface area (Å²) in [6, 6.07) is 11.0. The van der Waals surface area contributed by atoms with Crippen LogP contribution in [0.5, 0.6) is 5.75 Å². The third-order valence-electron chi connectivity index (χ3n) is 4.24. The van der Waals surface area contributed by atoms with Crippen molar-refractivity contribution in [3.8, 4) is 5.75 Å². The predicted octanol–water partition coefficient (Wildman–Crippen LogP) is 3.29. The molecule has 2 aromatic carbocycles. The van der Waals surface area contributed by atoms with Crippen LogP contribution in [0.2, 0.25) is 0 Å². The van der Waals surface area contributed by atoms with Crippen LogP contribution < -0.4 is 4.74 Å². The van der Waals surface area contributed by atoms with Gasteiger partial charge in [-0.3, -0.25) is 14.5 Å². The van der Waals surface area contributed by atoms with Crippen molar-refractivity contribution < 1.29 is 14.3 Å². The number of carbonyl (C=O) groups is 2. The molecule has 2 aromatic rings. The van der Waals surface area contributed by atoms with Crippen LogP contribution in [0.3, 0.4) is 0 Å². The van der Waals surface area contributed by atoms with Crippen LogP contribution in [0.15, 0.2) is 36.4 Å². The molecule has 1 heterocycles. The Hall–Kier alpha value is -2.62. The first kappa shape index (κ1) is 15.3. The van der Waals surface area contributed by atoms with Gasteiger partial charge in [0.25, 0.3) is 11.8 Å². The van der Waals surface area contributed by atoms with Gasteiger partial charge >= 0.3 is 0 Å². The summed E-state index contributed by atoms with van der Waals surface area (Å²) in [5.74, 6) is 0.307. The smallest absolute Gasteiger partial charge is 0.261 e. The molecule has 0 aliphatic carbocycles. The molecule has 0 saturated carbocycles. The maximum atomic E-state index is 12.3. The third kappa shape index (κ3) is 2.72. The molecule has 0 radical (unpaired) electrons. The minimum Gasteiger partial charge on any atom is -0.491 e. The fraction of sp³-hybridized carbons (Fsp3) is 0.263. The number of ether oxygens (including phenoxy) is 1. The molecule has 3 rings (SSSR count). The molecule has 0 aromatic heterocycles. The van der Waals surface area contributed by atoms with Crippen LogP contribution in [-0.2, 0) is 0 Å². The Morgan fingerprint density at radius 3 is 2.04 bits per heavy atom. The van der Waals surface area contributed by atoms with Gasteiger partial charge in [0.15, 0.2) is 0 Å². The number of aryl methyl sites for hydroxylation is 3. The standard InChI is InChI=1S/C19H19NO3/c1-12-10-14(3)17(11-13(12)2)23-9-8-20-18(21)15-6-4-5-7-16(15)19(20)22/h4-7,10-11H,8-9H2,1-3H3. The zero-order chi connectivity index (χ0) is 16.6. The second kappa shape index (κ2) is 5.88. The van der Waals surface area contributed by atoms with Crippen molar-refractivity contribution in [2.45, 2.75) is 20.8 Å². The fourth-order valence-electron chi connectivity index (χ4n) is 2.78. The number of fused-ring (bicyclic) bond motifs is 1. The molecule has 0 bridgehead atoms. The molecule has 0 atom stereocenters. The summed E-state index contributed by atoms with van der Waals surface area (Å²) in [7, 11) is 0. The fourth-order valence-corrected chi connectivity index (χ4v) is 2.78. The van der Waals surface area contributed by atoms with Gasteiger partial charge < -0.3 is 4.74 Å². The highest BCUT2D eigenvalue weighted by Gasteiger charge is 2.34. The van der Waals surface area contributed by atoms with E-state index in [-0.39, 0.29) is 25.0 Å². The lowest BCUT2D eigenvalue weighted by molar-refractivity contribution is 0.0631. The van der Waals surface area contributed by atoms with E-state index in [1.54, 1.807) is 24.3 Å². The predicted molar refractivity (Wildman–Crippen MR) is 88.0 cm³/mol. The second-order valence-corrected chi connectivity index (χ2v) is 5.86. The molecule has 1 aliphatic rings. The van der Waals surface area contributed by atoms with E-state index in [9.17, 15) is 9.59 Å². The molecule has 1 aliphatic heterocycles. The van der Waals surface area contributed by atoms with Gasteiger partial charge in [0, 0.05) is 0 Å². The van der Waals surface area contributed by atoms with Crippen LogP contribution >= 0.6 is 0 Å². The number of amides is 2. The number of imide groups is 1. The summed E-state index contributed by atoms with van der Waals surface area (Å²) in [6.45, 7) is 6.62. The van der Waals surface area contributed by atoms with Gasteiger partial charge in [-0.2, -0.15) is 0 Å². The summed E-state index contributed by atoms with van der Waals surface area (Å²) in [4.78, 5) is 25.8. The number of benzene rings is 2. The Labute approximate surface area is 135 Å². The van der Waals surface area contributed by atoms with Crippen LogP contribution in [0.1, 0.15) is 37.4 Å². The topological polar surface area (TPSA) is 46.6 Å². The normalized spacial score (nSPS) is 13.4. The largest absolute Gasteiger partial charge is 0.491 e. The van der Waals surface area contributed by atoms with Gasteiger partial charge in [-0.25, -0.2) is 0 Å². The van der Waals surface area contributed by atoms with Gasteiger partial charge in [-0.15, -0.1) is 0 Å². The maximum absolute atomic E-state index is 12.3. The Morgan fingerprint density at radius 2 is 1.43 bits per heavy atom. The molecular weight excluding hydrogens is 290 g/mol. The molecule has 23 heavy (non-hydrogen) atoms. The van der Waals surface area contributed by atoms with Crippen molar-refractivity contribution in [3.63, 3.8) is 0 Å². The van der Waals surface area contributed by atoms with Gasteiger partial charge in [0.2, 0.25) is 0 Å². The van der Waals surface area contributed by atoms with Crippen LogP contribution in [0, 0.1) is 20.8 Å². The van der Waals surface area contributed by atoms with E-state index in [1.165, 1.54) is 10.5 Å². The first-order valence-electron chi connectivity index (χ1n) is 7.65. The van der Waals surface area contributed by atoms with Crippen LogP contribution in [0.25, 0.3) is 0 Å². The summed E-state index contributed by atoms with van der Waals surface area (Å²) in [5, 5.41) is 0. The summed E-state index contributed by atoms with van der Waals surface area (Å²) in [6.07, 6.45) is 0. The highest BCUT2D eigenvalue weighted by Crippen LogP contribution is 2.24. The molecule has 0 fully saturated rings. The van der Waals surface area contributed by atoms with Crippen molar-refractivity contribution in [2.24, 2.45) is 0 Å². The minimum atomic E-state index is -0.244. The first-order valence-corrected chi connectivity index (χ1v) is 7.65. The maximum Gasteiger partial charge on any atom is 0.261 e. The van der Waals surface area contributed by atoms with Crippen molar-refractivity contribution in [3.05, 3.63) is 64.2 Å². The minimum absolute atomic E-state index is 0.244. The van der Waals surface area contributed by atoms with E-state index in [1.807, 2.05) is 19.9 Å². The number of nitrogens with zero attached hydrogens (tertiary/aromatic N) is 1. The lowest BCUT2D eigenvalue weighted by atomic mass is 10.1. The van der Waals surface area contributed by atoms with Gasteiger partial charge in [0.05, 0.1) is 17.7 Å². The summed E-state index contributed by atoms with van der Waals surface area (Å²) in [5.41, 5.74) is 4.37. The molecule has 4 heteroatoms.